The maximum absolute atomic E-state index is 5.32. The fraction of sp³-hybridized carbons (Fsp3) is 0.438. The topological polar surface area (TPSA) is 39.1 Å². The van der Waals surface area contributed by atoms with Gasteiger partial charge in [-0.15, -0.1) is 0 Å². The SMILES string of the molecule is CCCNC(Cn1ccnc1C)c1cccc(OC)c1. The maximum atomic E-state index is 5.32. The van der Waals surface area contributed by atoms with Crippen molar-refractivity contribution in [1.82, 2.24) is 14.9 Å². The minimum Gasteiger partial charge on any atom is -0.497 e. The lowest BCUT2D eigenvalue weighted by atomic mass is 10.1. The summed E-state index contributed by atoms with van der Waals surface area (Å²) in [5.41, 5.74) is 1.24. The van der Waals surface area contributed by atoms with E-state index in [4.69, 9.17) is 4.74 Å². The van der Waals surface area contributed by atoms with Crippen LogP contribution in [0.15, 0.2) is 36.7 Å². The summed E-state index contributed by atoms with van der Waals surface area (Å²) in [6.45, 7) is 6.08. The van der Waals surface area contributed by atoms with Gasteiger partial charge in [0.2, 0.25) is 0 Å². The van der Waals surface area contributed by atoms with Crippen LogP contribution in [0, 0.1) is 6.92 Å². The zero-order chi connectivity index (χ0) is 14.4. The van der Waals surface area contributed by atoms with Crippen molar-refractivity contribution in [2.75, 3.05) is 13.7 Å². The molecule has 1 aromatic heterocycles. The Balaban J connectivity index is 2.19. The Morgan fingerprint density at radius 2 is 2.25 bits per heavy atom. The van der Waals surface area contributed by atoms with Crippen LogP contribution in [-0.2, 0) is 6.54 Å². The molecule has 4 heteroatoms. The van der Waals surface area contributed by atoms with Crippen molar-refractivity contribution in [3.63, 3.8) is 0 Å². The Kier molecular flexibility index (Phi) is 5.18. The molecule has 20 heavy (non-hydrogen) atoms. The number of hydrogen-bond acceptors (Lipinski definition) is 3. The molecule has 0 bridgehead atoms. The molecule has 108 valence electrons. The highest BCUT2D eigenvalue weighted by molar-refractivity contribution is 5.30. The van der Waals surface area contributed by atoms with Crippen LogP contribution >= 0.6 is 0 Å². The van der Waals surface area contributed by atoms with Gasteiger partial charge in [0.15, 0.2) is 0 Å². The molecule has 1 N–H and O–H groups in total. The molecule has 4 nitrogen and oxygen atoms in total. The van der Waals surface area contributed by atoms with Gasteiger partial charge in [0, 0.05) is 18.9 Å². The van der Waals surface area contributed by atoms with Crippen molar-refractivity contribution in [3.8, 4) is 5.75 Å². The van der Waals surface area contributed by atoms with Crippen LogP contribution in [0.5, 0.6) is 5.75 Å². The van der Waals surface area contributed by atoms with Gasteiger partial charge in [0.25, 0.3) is 0 Å². The fourth-order valence-corrected chi connectivity index (χ4v) is 2.26. The molecule has 0 radical (unpaired) electrons. The van der Waals surface area contributed by atoms with E-state index in [1.807, 2.05) is 31.5 Å². The van der Waals surface area contributed by atoms with E-state index in [1.165, 1.54) is 5.56 Å². The molecular weight excluding hydrogens is 250 g/mol. The molecule has 0 aliphatic heterocycles. The number of methoxy groups -OCH3 is 1. The third-order valence-electron chi connectivity index (χ3n) is 3.44. The van der Waals surface area contributed by atoms with E-state index in [0.717, 1.165) is 31.1 Å². The largest absolute Gasteiger partial charge is 0.497 e. The summed E-state index contributed by atoms with van der Waals surface area (Å²) < 4.78 is 7.49. The van der Waals surface area contributed by atoms with Crippen molar-refractivity contribution in [2.45, 2.75) is 32.9 Å². The van der Waals surface area contributed by atoms with E-state index in [0.29, 0.717) is 0 Å². The molecule has 1 atom stereocenters. The summed E-state index contributed by atoms with van der Waals surface area (Å²) in [6.07, 6.45) is 4.98. The highest BCUT2D eigenvalue weighted by atomic mass is 16.5. The quantitative estimate of drug-likeness (QED) is 0.843. The first kappa shape index (κ1) is 14.6. The first-order chi connectivity index (χ1) is 9.74. The lowest BCUT2D eigenvalue weighted by molar-refractivity contribution is 0.410. The number of nitrogens with one attached hydrogen (secondary N) is 1. The summed E-state index contributed by atoms with van der Waals surface area (Å²) in [5, 5.41) is 3.60. The minimum absolute atomic E-state index is 0.262. The molecule has 0 saturated carbocycles. The van der Waals surface area contributed by atoms with Crippen molar-refractivity contribution in [1.29, 1.82) is 0 Å². The van der Waals surface area contributed by atoms with E-state index in [2.05, 4.69) is 33.9 Å². The van der Waals surface area contributed by atoms with Crippen LogP contribution in [-0.4, -0.2) is 23.2 Å². The third-order valence-corrected chi connectivity index (χ3v) is 3.44. The summed E-state index contributed by atoms with van der Waals surface area (Å²) in [7, 11) is 1.70. The number of imidazole rings is 1. The van der Waals surface area contributed by atoms with Gasteiger partial charge in [-0.2, -0.15) is 0 Å². The molecule has 0 amide bonds. The van der Waals surface area contributed by atoms with Crippen molar-refractivity contribution < 1.29 is 4.74 Å². The molecule has 1 heterocycles. The third kappa shape index (κ3) is 3.61. The van der Waals surface area contributed by atoms with Gasteiger partial charge < -0.3 is 14.6 Å². The minimum atomic E-state index is 0.262. The number of ether oxygens (including phenoxy) is 1. The summed E-state index contributed by atoms with van der Waals surface area (Å²) in [4.78, 5) is 4.29. The highest BCUT2D eigenvalue weighted by Crippen LogP contribution is 2.21. The van der Waals surface area contributed by atoms with Crippen LogP contribution in [0.4, 0.5) is 0 Å². The molecular formula is C16H23N3O. The predicted molar refractivity (Wildman–Crippen MR) is 81.0 cm³/mol. The average Bonchev–Trinajstić information content (AvgIpc) is 2.88. The van der Waals surface area contributed by atoms with E-state index < -0.39 is 0 Å². The molecule has 0 saturated heterocycles. The lowest BCUT2D eigenvalue weighted by Gasteiger charge is -2.21. The van der Waals surface area contributed by atoms with Gasteiger partial charge in [-0.1, -0.05) is 19.1 Å². The van der Waals surface area contributed by atoms with Crippen molar-refractivity contribution >= 4 is 0 Å². The molecule has 0 aliphatic carbocycles. The van der Waals surface area contributed by atoms with E-state index in [1.54, 1.807) is 7.11 Å². The highest BCUT2D eigenvalue weighted by Gasteiger charge is 2.13. The van der Waals surface area contributed by atoms with Crippen LogP contribution in [0.2, 0.25) is 0 Å². The summed E-state index contributed by atoms with van der Waals surface area (Å²) >= 11 is 0. The Morgan fingerprint density at radius 1 is 1.40 bits per heavy atom. The first-order valence-electron chi connectivity index (χ1n) is 7.09. The second-order valence-corrected chi connectivity index (χ2v) is 4.91. The standard InChI is InChI=1S/C16H23N3O/c1-4-8-18-16(12-19-10-9-17-13(19)2)14-6-5-7-15(11-14)20-3/h5-7,9-11,16,18H,4,8,12H2,1-3H3. The fourth-order valence-electron chi connectivity index (χ4n) is 2.26. The number of rotatable bonds is 7. The Morgan fingerprint density at radius 3 is 2.90 bits per heavy atom. The number of aryl methyl sites for hydroxylation is 1. The molecule has 0 spiro atoms. The van der Waals surface area contributed by atoms with Gasteiger partial charge in [0.1, 0.15) is 11.6 Å². The Hall–Kier alpha value is -1.81. The molecule has 1 aromatic carbocycles. The van der Waals surface area contributed by atoms with Crippen LogP contribution in [0.1, 0.15) is 30.8 Å². The summed E-state index contributed by atoms with van der Waals surface area (Å²) in [5.74, 6) is 1.93. The average molecular weight is 273 g/mol. The first-order valence-corrected chi connectivity index (χ1v) is 7.09. The van der Waals surface area contributed by atoms with Crippen LogP contribution in [0.25, 0.3) is 0 Å². The second kappa shape index (κ2) is 7.10. The van der Waals surface area contributed by atoms with Crippen LogP contribution in [0.3, 0.4) is 0 Å². The van der Waals surface area contributed by atoms with Gasteiger partial charge in [-0.25, -0.2) is 4.98 Å². The number of nitrogens with zero attached hydrogens (tertiary/aromatic N) is 2. The van der Waals surface area contributed by atoms with Gasteiger partial charge in [-0.3, -0.25) is 0 Å². The number of benzene rings is 1. The monoisotopic (exact) mass is 273 g/mol. The van der Waals surface area contributed by atoms with E-state index in [-0.39, 0.29) is 6.04 Å². The van der Waals surface area contributed by atoms with E-state index >= 15 is 0 Å². The Labute approximate surface area is 120 Å². The molecule has 0 fully saturated rings. The molecule has 1 unspecified atom stereocenters. The normalized spacial score (nSPS) is 12.3. The predicted octanol–water partition coefficient (Wildman–Crippen LogP) is 2.94. The zero-order valence-corrected chi connectivity index (χ0v) is 12.5. The van der Waals surface area contributed by atoms with Gasteiger partial charge >= 0.3 is 0 Å². The van der Waals surface area contributed by atoms with Gasteiger partial charge in [-0.05, 0) is 37.6 Å². The maximum Gasteiger partial charge on any atom is 0.119 e. The number of aromatic nitrogens is 2. The summed E-state index contributed by atoms with van der Waals surface area (Å²) in [6, 6.07) is 8.51. The van der Waals surface area contributed by atoms with Crippen molar-refractivity contribution in [2.24, 2.45) is 0 Å². The van der Waals surface area contributed by atoms with Crippen LogP contribution < -0.4 is 10.1 Å². The number of hydrogen-bond donors (Lipinski definition) is 1. The van der Waals surface area contributed by atoms with Gasteiger partial charge in [0.05, 0.1) is 13.2 Å². The zero-order valence-electron chi connectivity index (χ0n) is 12.5. The van der Waals surface area contributed by atoms with E-state index in [9.17, 15) is 0 Å². The second-order valence-electron chi connectivity index (χ2n) is 4.91. The lowest BCUT2D eigenvalue weighted by Crippen LogP contribution is -2.26. The van der Waals surface area contributed by atoms with Crippen molar-refractivity contribution in [3.05, 3.63) is 48.0 Å². The Bertz CT molecular complexity index is 536. The molecule has 0 aliphatic rings. The molecule has 2 rings (SSSR count). The smallest absolute Gasteiger partial charge is 0.119 e. The molecule has 2 aromatic rings.